The van der Waals surface area contributed by atoms with Crippen LogP contribution in [0.2, 0.25) is 0 Å². The molecule has 0 bridgehead atoms. The largest absolute Gasteiger partial charge is 0.490 e. The summed E-state index contributed by atoms with van der Waals surface area (Å²) in [5, 5.41) is 0.970. The van der Waals surface area contributed by atoms with E-state index in [9.17, 15) is 0 Å². The standard InChI is InChI=1S/C9H17N3OS/c1-9(2,3)12(4)8-6(13-5)7(10)11-14-8/h1-5H3,(H2,10,11). The summed E-state index contributed by atoms with van der Waals surface area (Å²) in [6.45, 7) is 6.38. The van der Waals surface area contributed by atoms with Crippen molar-refractivity contribution in [1.82, 2.24) is 4.37 Å². The second kappa shape index (κ2) is 3.65. The number of ether oxygens (including phenoxy) is 1. The van der Waals surface area contributed by atoms with Gasteiger partial charge in [0.25, 0.3) is 0 Å². The first-order valence-electron chi connectivity index (χ1n) is 4.41. The van der Waals surface area contributed by atoms with Gasteiger partial charge in [0.05, 0.1) is 7.11 Å². The summed E-state index contributed by atoms with van der Waals surface area (Å²) >= 11 is 1.36. The van der Waals surface area contributed by atoms with E-state index in [0.29, 0.717) is 11.6 Å². The van der Waals surface area contributed by atoms with Gasteiger partial charge in [0.15, 0.2) is 16.6 Å². The molecule has 0 saturated carbocycles. The van der Waals surface area contributed by atoms with Gasteiger partial charge in [-0.15, -0.1) is 0 Å². The second-order valence-electron chi connectivity index (χ2n) is 4.14. The van der Waals surface area contributed by atoms with Crippen LogP contribution in [-0.4, -0.2) is 24.1 Å². The first-order valence-corrected chi connectivity index (χ1v) is 5.18. The predicted octanol–water partition coefficient (Wildman–Crippen LogP) is 1.97. The predicted molar refractivity (Wildman–Crippen MR) is 61.2 cm³/mol. The lowest BCUT2D eigenvalue weighted by molar-refractivity contribution is 0.414. The molecule has 0 radical (unpaired) electrons. The summed E-state index contributed by atoms with van der Waals surface area (Å²) in [5.41, 5.74) is 5.71. The lowest BCUT2D eigenvalue weighted by atomic mass is 10.1. The minimum Gasteiger partial charge on any atom is -0.490 e. The highest BCUT2D eigenvalue weighted by atomic mass is 32.1. The Bertz CT molecular complexity index is 316. The van der Waals surface area contributed by atoms with Crippen LogP contribution in [0.25, 0.3) is 0 Å². The average molecular weight is 215 g/mol. The Morgan fingerprint density at radius 3 is 2.43 bits per heavy atom. The Morgan fingerprint density at radius 1 is 1.43 bits per heavy atom. The molecule has 0 spiro atoms. The third-order valence-corrected chi connectivity index (χ3v) is 3.09. The number of hydrogen-bond acceptors (Lipinski definition) is 5. The van der Waals surface area contributed by atoms with E-state index in [1.54, 1.807) is 7.11 Å². The van der Waals surface area contributed by atoms with Gasteiger partial charge in [0, 0.05) is 12.6 Å². The molecule has 1 rings (SSSR count). The number of aromatic nitrogens is 1. The third kappa shape index (κ3) is 1.92. The zero-order valence-electron chi connectivity index (χ0n) is 9.29. The summed E-state index contributed by atoms with van der Waals surface area (Å²) in [7, 11) is 3.62. The second-order valence-corrected chi connectivity index (χ2v) is 4.89. The lowest BCUT2D eigenvalue weighted by Crippen LogP contribution is -2.37. The Hall–Kier alpha value is -0.970. The molecule has 5 heteroatoms. The molecule has 0 amide bonds. The first kappa shape index (κ1) is 11.1. The highest BCUT2D eigenvalue weighted by molar-refractivity contribution is 7.11. The van der Waals surface area contributed by atoms with E-state index in [4.69, 9.17) is 10.5 Å². The fourth-order valence-electron chi connectivity index (χ4n) is 0.995. The molecule has 1 aromatic rings. The number of methoxy groups -OCH3 is 1. The van der Waals surface area contributed by atoms with Crippen LogP contribution >= 0.6 is 11.5 Å². The summed E-state index contributed by atoms with van der Waals surface area (Å²) in [6, 6.07) is 0. The monoisotopic (exact) mass is 215 g/mol. The van der Waals surface area contributed by atoms with Crippen LogP contribution in [0.15, 0.2) is 0 Å². The molecule has 2 N–H and O–H groups in total. The minimum absolute atomic E-state index is 0.0340. The van der Waals surface area contributed by atoms with Crippen LogP contribution in [0.4, 0.5) is 10.8 Å². The molecule has 1 aromatic heterocycles. The van der Waals surface area contributed by atoms with Crippen molar-refractivity contribution in [2.45, 2.75) is 26.3 Å². The van der Waals surface area contributed by atoms with E-state index in [1.165, 1.54) is 11.5 Å². The van der Waals surface area contributed by atoms with Crippen molar-refractivity contribution >= 4 is 22.4 Å². The summed E-state index contributed by atoms with van der Waals surface area (Å²) < 4.78 is 9.29. The van der Waals surface area contributed by atoms with Gasteiger partial charge in [-0.3, -0.25) is 0 Å². The quantitative estimate of drug-likeness (QED) is 0.819. The third-order valence-electron chi connectivity index (χ3n) is 2.17. The molecular weight excluding hydrogens is 198 g/mol. The van der Waals surface area contributed by atoms with Gasteiger partial charge in [0.1, 0.15) is 0 Å². The number of nitrogens with zero attached hydrogens (tertiary/aromatic N) is 2. The van der Waals surface area contributed by atoms with Gasteiger partial charge < -0.3 is 15.4 Å². The molecule has 80 valence electrons. The van der Waals surface area contributed by atoms with Gasteiger partial charge in [-0.05, 0) is 32.3 Å². The molecule has 0 aromatic carbocycles. The minimum atomic E-state index is 0.0340. The Balaban J connectivity index is 3.07. The van der Waals surface area contributed by atoms with Crippen molar-refractivity contribution in [3.63, 3.8) is 0 Å². The smallest absolute Gasteiger partial charge is 0.197 e. The zero-order valence-corrected chi connectivity index (χ0v) is 10.1. The van der Waals surface area contributed by atoms with Gasteiger partial charge in [-0.25, -0.2) is 0 Å². The van der Waals surface area contributed by atoms with E-state index in [-0.39, 0.29) is 5.54 Å². The number of nitrogen functional groups attached to an aromatic ring is 1. The Morgan fingerprint density at radius 2 is 2.00 bits per heavy atom. The molecule has 0 fully saturated rings. The van der Waals surface area contributed by atoms with Gasteiger partial charge in [0.2, 0.25) is 0 Å². The highest BCUT2D eigenvalue weighted by Crippen LogP contribution is 2.39. The number of hydrogen-bond donors (Lipinski definition) is 1. The van der Waals surface area contributed by atoms with Crippen molar-refractivity contribution in [3.05, 3.63) is 0 Å². The van der Waals surface area contributed by atoms with Crippen molar-refractivity contribution in [1.29, 1.82) is 0 Å². The topological polar surface area (TPSA) is 51.4 Å². The van der Waals surface area contributed by atoms with Crippen LogP contribution in [-0.2, 0) is 0 Å². The molecule has 0 aliphatic carbocycles. The highest BCUT2D eigenvalue weighted by Gasteiger charge is 2.24. The van der Waals surface area contributed by atoms with Crippen LogP contribution in [0.3, 0.4) is 0 Å². The molecule has 0 unspecified atom stereocenters. The molecular formula is C9H17N3OS. The van der Waals surface area contributed by atoms with Gasteiger partial charge in [-0.2, -0.15) is 4.37 Å². The Kier molecular flexibility index (Phi) is 2.89. The van der Waals surface area contributed by atoms with E-state index in [1.807, 2.05) is 7.05 Å². The van der Waals surface area contributed by atoms with E-state index in [0.717, 1.165) is 5.00 Å². The van der Waals surface area contributed by atoms with Crippen molar-refractivity contribution in [3.8, 4) is 5.75 Å². The summed E-state index contributed by atoms with van der Waals surface area (Å²) in [5.74, 6) is 1.14. The molecule has 4 nitrogen and oxygen atoms in total. The zero-order chi connectivity index (χ0) is 10.9. The van der Waals surface area contributed by atoms with Gasteiger partial charge >= 0.3 is 0 Å². The fourth-order valence-corrected chi connectivity index (χ4v) is 1.93. The number of nitrogens with two attached hydrogens (primary N) is 1. The molecule has 0 saturated heterocycles. The fraction of sp³-hybridized carbons (Fsp3) is 0.667. The molecule has 0 atom stereocenters. The molecule has 1 heterocycles. The van der Waals surface area contributed by atoms with Crippen molar-refractivity contribution < 1.29 is 4.74 Å². The summed E-state index contributed by atoms with van der Waals surface area (Å²) in [6.07, 6.45) is 0. The van der Waals surface area contributed by atoms with Crippen molar-refractivity contribution in [2.24, 2.45) is 0 Å². The molecule has 0 aliphatic rings. The van der Waals surface area contributed by atoms with E-state index >= 15 is 0 Å². The van der Waals surface area contributed by atoms with Crippen LogP contribution in [0.5, 0.6) is 5.75 Å². The number of anilines is 2. The SMILES string of the molecule is COc1c(N)nsc1N(C)C(C)(C)C. The average Bonchev–Trinajstić information content (AvgIpc) is 2.43. The summed E-state index contributed by atoms with van der Waals surface area (Å²) in [4.78, 5) is 2.11. The van der Waals surface area contributed by atoms with Gasteiger partial charge in [-0.1, -0.05) is 0 Å². The van der Waals surface area contributed by atoms with Crippen LogP contribution < -0.4 is 15.4 Å². The van der Waals surface area contributed by atoms with Crippen molar-refractivity contribution in [2.75, 3.05) is 24.8 Å². The first-order chi connectivity index (χ1) is 6.38. The normalized spacial score (nSPS) is 11.5. The van der Waals surface area contributed by atoms with Crippen LogP contribution in [0.1, 0.15) is 20.8 Å². The molecule has 0 aliphatic heterocycles. The maximum atomic E-state index is 5.68. The Labute approximate surface area is 88.8 Å². The maximum absolute atomic E-state index is 5.68. The number of rotatable bonds is 2. The maximum Gasteiger partial charge on any atom is 0.197 e. The van der Waals surface area contributed by atoms with E-state index in [2.05, 4.69) is 30.0 Å². The van der Waals surface area contributed by atoms with Crippen LogP contribution in [0, 0.1) is 0 Å². The van der Waals surface area contributed by atoms with E-state index < -0.39 is 0 Å². The molecule has 14 heavy (non-hydrogen) atoms. The lowest BCUT2D eigenvalue weighted by Gasteiger charge is -2.32.